The monoisotopic (exact) mass is 269 g/mol. The first kappa shape index (κ1) is 13.5. The zero-order valence-electron chi connectivity index (χ0n) is 10.5. The Balaban J connectivity index is 2.04. The molecule has 2 atom stereocenters. The molecule has 0 bridgehead atoms. The van der Waals surface area contributed by atoms with Crippen LogP contribution >= 0.6 is 0 Å². The fourth-order valence-electron chi connectivity index (χ4n) is 2.30. The van der Waals surface area contributed by atoms with Crippen LogP contribution in [0.5, 0.6) is 0 Å². The van der Waals surface area contributed by atoms with Crippen molar-refractivity contribution >= 4 is 9.84 Å². The molecule has 0 amide bonds. The molecule has 0 spiro atoms. The molecule has 5 heteroatoms. The summed E-state index contributed by atoms with van der Waals surface area (Å²) in [5, 5.41) is 13.4. The zero-order valence-corrected chi connectivity index (χ0v) is 11.3. The Morgan fingerprint density at radius 2 is 2.06 bits per heavy atom. The first-order chi connectivity index (χ1) is 8.47. The van der Waals surface area contributed by atoms with Gasteiger partial charge in [0.2, 0.25) is 0 Å². The summed E-state index contributed by atoms with van der Waals surface area (Å²) in [4.78, 5) is 0.289. The maximum Gasteiger partial charge on any atom is 0.175 e. The van der Waals surface area contributed by atoms with Crippen LogP contribution in [0, 0.1) is 0 Å². The van der Waals surface area contributed by atoms with Crippen LogP contribution in [0.3, 0.4) is 0 Å². The van der Waals surface area contributed by atoms with Gasteiger partial charge in [-0.25, -0.2) is 8.42 Å². The van der Waals surface area contributed by atoms with Crippen molar-refractivity contribution in [1.82, 2.24) is 5.32 Å². The number of hydrogen-bond donors (Lipinski definition) is 2. The highest BCUT2D eigenvalue weighted by Gasteiger charge is 2.19. The van der Waals surface area contributed by atoms with E-state index in [1.807, 2.05) is 0 Å². The second-order valence-corrected chi connectivity index (χ2v) is 6.90. The lowest BCUT2D eigenvalue weighted by atomic mass is 10.0. The molecule has 1 aromatic rings. The van der Waals surface area contributed by atoms with Crippen molar-refractivity contribution in [3.8, 4) is 0 Å². The fraction of sp³-hybridized carbons (Fsp3) is 0.538. The van der Waals surface area contributed by atoms with Crippen molar-refractivity contribution in [2.75, 3.05) is 12.8 Å². The summed E-state index contributed by atoms with van der Waals surface area (Å²) in [6, 6.07) is 6.85. The Bertz CT molecular complexity index is 489. The lowest BCUT2D eigenvalue weighted by Gasteiger charge is -2.16. The average Bonchev–Trinajstić information content (AvgIpc) is 2.81. The van der Waals surface area contributed by atoms with Gasteiger partial charge in [-0.15, -0.1) is 0 Å². The molecular weight excluding hydrogens is 250 g/mol. The summed E-state index contributed by atoms with van der Waals surface area (Å²) in [7, 11) is -3.16. The number of rotatable bonds is 4. The third-order valence-electron chi connectivity index (χ3n) is 3.36. The molecule has 0 aromatic heterocycles. The normalized spacial score (nSPS) is 22.0. The first-order valence-corrected chi connectivity index (χ1v) is 8.07. The summed E-state index contributed by atoms with van der Waals surface area (Å²) in [5.74, 6) is 0. The smallest absolute Gasteiger partial charge is 0.175 e. The minimum Gasteiger partial charge on any atom is -0.388 e. The van der Waals surface area contributed by atoms with Crippen LogP contribution < -0.4 is 5.32 Å². The molecule has 1 fully saturated rings. The van der Waals surface area contributed by atoms with Gasteiger partial charge in [-0.3, -0.25) is 0 Å². The highest BCUT2D eigenvalue weighted by atomic mass is 32.2. The molecule has 2 unspecified atom stereocenters. The summed E-state index contributed by atoms with van der Waals surface area (Å²) in [6.45, 7) is 1.02. The Kier molecular flexibility index (Phi) is 4.04. The summed E-state index contributed by atoms with van der Waals surface area (Å²) in [6.07, 6.45) is 3.58. The molecule has 1 heterocycles. The summed E-state index contributed by atoms with van der Waals surface area (Å²) < 4.78 is 22.6. The third kappa shape index (κ3) is 3.31. The van der Waals surface area contributed by atoms with Gasteiger partial charge in [-0.1, -0.05) is 12.1 Å². The molecule has 100 valence electrons. The Labute approximate surface area is 108 Å². The van der Waals surface area contributed by atoms with Gasteiger partial charge in [0.15, 0.2) is 9.84 Å². The van der Waals surface area contributed by atoms with E-state index in [0.717, 1.165) is 24.9 Å². The van der Waals surface area contributed by atoms with Crippen molar-refractivity contribution in [1.29, 1.82) is 0 Å². The van der Waals surface area contributed by atoms with E-state index in [1.54, 1.807) is 24.3 Å². The summed E-state index contributed by atoms with van der Waals surface area (Å²) >= 11 is 0. The van der Waals surface area contributed by atoms with Gasteiger partial charge in [0.05, 0.1) is 11.0 Å². The largest absolute Gasteiger partial charge is 0.388 e. The molecule has 2 N–H and O–H groups in total. The van der Waals surface area contributed by atoms with E-state index in [1.165, 1.54) is 6.26 Å². The predicted octanol–water partition coefficient (Wildman–Crippen LogP) is 1.27. The van der Waals surface area contributed by atoms with E-state index in [2.05, 4.69) is 5.32 Å². The predicted molar refractivity (Wildman–Crippen MR) is 70.2 cm³/mol. The molecule has 1 saturated heterocycles. The molecule has 0 aliphatic carbocycles. The number of benzene rings is 1. The molecule has 0 radical (unpaired) electrons. The van der Waals surface area contributed by atoms with E-state index in [-0.39, 0.29) is 4.90 Å². The number of aliphatic hydroxyl groups excluding tert-OH is 1. The molecule has 1 aliphatic rings. The first-order valence-electron chi connectivity index (χ1n) is 6.18. The van der Waals surface area contributed by atoms with E-state index >= 15 is 0 Å². The minimum absolute atomic E-state index is 0.289. The number of aliphatic hydroxyl groups is 1. The standard InChI is InChI=1S/C13H19NO3S/c1-18(16,17)12-6-4-10(5-7-12)13(15)9-11-3-2-8-14-11/h4-7,11,13-15H,2-3,8-9H2,1H3. The van der Waals surface area contributed by atoms with Crippen LogP contribution in [0.4, 0.5) is 0 Å². The molecule has 0 saturated carbocycles. The van der Waals surface area contributed by atoms with Crippen molar-refractivity contribution in [2.45, 2.75) is 36.3 Å². The maximum atomic E-state index is 11.3. The number of hydrogen-bond acceptors (Lipinski definition) is 4. The SMILES string of the molecule is CS(=O)(=O)c1ccc(C(O)CC2CCCN2)cc1. The van der Waals surface area contributed by atoms with Gasteiger partial charge in [0, 0.05) is 12.3 Å². The van der Waals surface area contributed by atoms with Crippen LogP contribution in [-0.4, -0.2) is 32.4 Å². The Morgan fingerprint density at radius 3 is 2.56 bits per heavy atom. The van der Waals surface area contributed by atoms with Gasteiger partial charge in [-0.2, -0.15) is 0 Å². The quantitative estimate of drug-likeness (QED) is 0.864. The fourth-order valence-corrected chi connectivity index (χ4v) is 2.93. The van der Waals surface area contributed by atoms with Crippen LogP contribution in [0.1, 0.15) is 30.9 Å². The molecule has 4 nitrogen and oxygen atoms in total. The van der Waals surface area contributed by atoms with Crippen LogP contribution in [0.2, 0.25) is 0 Å². The van der Waals surface area contributed by atoms with Gasteiger partial charge >= 0.3 is 0 Å². The zero-order chi connectivity index (χ0) is 13.2. The Morgan fingerprint density at radius 1 is 1.39 bits per heavy atom. The highest BCUT2D eigenvalue weighted by molar-refractivity contribution is 7.90. The van der Waals surface area contributed by atoms with Crippen molar-refractivity contribution in [3.63, 3.8) is 0 Å². The second-order valence-electron chi connectivity index (χ2n) is 4.89. The van der Waals surface area contributed by atoms with Gasteiger partial charge in [0.25, 0.3) is 0 Å². The van der Waals surface area contributed by atoms with E-state index < -0.39 is 15.9 Å². The summed E-state index contributed by atoms with van der Waals surface area (Å²) in [5.41, 5.74) is 0.774. The van der Waals surface area contributed by atoms with E-state index in [9.17, 15) is 13.5 Å². The second kappa shape index (κ2) is 5.38. The lowest BCUT2D eigenvalue weighted by Crippen LogP contribution is -2.23. The van der Waals surface area contributed by atoms with E-state index in [4.69, 9.17) is 0 Å². The lowest BCUT2D eigenvalue weighted by molar-refractivity contribution is 0.154. The maximum absolute atomic E-state index is 11.3. The van der Waals surface area contributed by atoms with Crippen LogP contribution in [0.25, 0.3) is 0 Å². The Hall–Kier alpha value is -0.910. The third-order valence-corrected chi connectivity index (χ3v) is 4.49. The van der Waals surface area contributed by atoms with Gasteiger partial charge in [-0.05, 0) is 43.5 Å². The van der Waals surface area contributed by atoms with Crippen molar-refractivity contribution in [3.05, 3.63) is 29.8 Å². The average molecular weight is 269 g/mol. The topological polar surface area (TPSA) is 66.4 Å². The molecule has 18 heavy (non-hydrogen) atoms. The number of sulfone groups is 1. The minimum atomic E-state index is -3.16. The molecule has 1 aliphatic heterocycles. The van der Waals surface area contributed by atoms with E-state index in [0.29, 0.717) is 12.5 Å². The van der Waals surface area contributed by atoms with Crippen LogP contribution in [-0.2, 0) is 9.84 Å². The van der Waals surface area contributed by atoms with Crippen molar-refractivity contribution < 1.29 is 13.5 Å². The molecular formula is C13H19NO3S. The molecule has 2 rings (SSSR count). The van der Waals surface area contributed by atoms with Crippen LogP contribution in [0.15, 0.2) is 29.2 Å². The number of nitrogens with one attached hydrogen (secondary N) is 1. The van der Waals surface area contributed by atoms with Gasteiger partial charge in [0.1, 0.15) is 0 Å². The molecule has 1 aromatic carbocycles. The van der Waals surface area contributed by atoms with Gasteiger partial charge < -0.3 is 10.4 Å². The van der Waals surface area contributed by atoms with Crippen molar-refractivity contribution in [2.24, 2.45) is 0 Å². The highest BCUT2D eigenvalue weighted by Crippen LogP contribution is 2.23.